The van der Waals surface area contributed by atoms with Gasteiger partial charge in [-0.2, -0.15) is 0 Å². The Kier molecular flexibility index (Phi) is 4.49. The third kappa shape index (κ3) is 2.82. The van der Waals surface area contributed by atoms with Crippen LogP contribution < -0.4 is 5.32 Å². The minimum atomic E-state index is -0.461. The van der Waals surface area contributed by atoms with Crippen molar-refractivity contribution >= 4 is 27.6 Å². The molecule has 0 radical (unpaired) electrons. The molecular weight excluding hydrogens is 272 g/mol. The lowest BCUT2D eigenvalue weighted by atomic mass is 10.2. The Morgan fingerprint density at radius 3 is 3.00 bits per heavy atom. The molecule has 5 heteroatoms. The van der Waals surface area contributed by atoms with Crippen molar-refractivity contribution in [2.45, 2.75) is 6.92 Å². The first-order valence-electron chi connectivity index (χ1n) is 4.70. The van der Waals surface area contributed by atoms with Crippen molar-refractivity contribution < 1.29 is 9.53 Å². The number of carbonyl (C=O) groups is 1. The quantitative estimate of drug-likeness (QED) is 0.682. The minimum absolute atomic E-state index is 0.272. The van der Waals surface area contributed by atoms with Gasteiger partial charge in [-0.3, -0.25) is 0 Å². The lowest BCUT2D eigenvalue weighted by Crippen LogP contribution is -2.09. The fourth-order valence-electron chi connectivity index (χ4n) is 1.20. The Hall–Kier alpha value is -1.36. The summed E-state index contributed by atoms with van der Waals surface area (Å²) in [5.41, 5.74) is 1.82. The monoisotopic (exact) mass is 284 g/mol. The number of carbonyl (C=O) groups excluding carboxylic acids is 1. The highest BCUT2D eigenvalue weighted by Crippen LogP contribution is 2.26. The second kappa shape index (κ2) is 5.65. The van der Waals surface area contributed by atoms with E-state index in [0.717, 1.165) is 11.4 Å². The summed E-state index contributed by atoms with van der Waals surface area (Å²) in [5.74, 6) is -0.461. The zero-order valence-corrected chi connectivity index (χ0v) is 10.8. The molecule has 4 nitrogen and oxygen atoms in total. The molecule has 0 fully saturated rings. The van der Waals surface area contributed by atoms with Crippen LogP contribution in [0.3, 0.4) is 0 Å². The summed E-state index contributed by atoms with van der Waals surface area (Å²) in [6, 6.07) is 1.85. The fraction of sp³-hybridized carbons (Fsp3) is 0.273. The number of hydrogen-bond acceptors (Lipinski definition) is 4. The molecule has 0 saturated carbocycles. The van der Waals surface area contributed by atoms with Crippen LogP contribution in [0.1, 0.15) is 16.2 Å². The van der Waals surface area contributed by atoms with Crippen molar-refractivity contribution in [3.05, 3.63) is 34.6 Å². The molecule has 0 unspecified atom stereocenters. The number of methoxy groups -OCH3 is 1. The van der Waals surface area contributed by atoms with Gasteiger partial charge in [0.15, 0.2) is 5.69 Å². The van der Waals surface area contributed by atoms with Gasteiger partial charge in [-0.05, 0) is 28.9 Å². The highest BCUT2D eigenvalue weighted by molar-refractivity contribution is 9.10. The predicted molar refractivity (Wildman–Crippen MR) is 66.7 cm³/mol. The molecule has 1 N–H and O–H groups in total. The van der Waals surface area contributed by atoms with Crippen molar-refractivity contribution in [2.75, 3.05) is 19.0 Å². The molecule has 0 aliphatic carbocycles. The predicted octanol–water partition coefficient (Wildman–Crippen LogP) is 2.54. The summed E-state index contributed by atoms with van der Waals surface area (Å²) in [4.78, 5) is 15.6. The van der Waals surface area contributed by atoms with Crippen LogP contribution in [0.15, 0.2) is 23.2 Å². The van der Waals surface area contributed by atoms with Crippen LogP contribution in [0.5, 0.6) is 0 Å². The zero-order chi connectivity index (χ0) is 12.1. The number of pyridine rings is 1. The Morgan fingerprint density at radius 1 is 1.75 bits per heavy atom. The van der Waals surface area contributed by atoms with E-state index in [1.54, 1.807) is 6.08 Å². The first kappa shape index (κ1) is 12.7. The number of esters is 1. The van der Waals surface area contributed by atoms with Gasteiger partial charge < -0.3 is 10.1 Å². The van der Waals surface area contributed by atoms with Gasteiger partial charge >= 0.3 is 5.97 Å². The lowest BCUT2D eigenvalue weighted by Gasteiger charge is -2.10. The van der Waals surface area contributed by atoms with Crippen molar-refractivity contribution in [2.24, 2.45) is 0 Å². The molecule has 0 aliphatic rings. The zero-order valence-electron chi connectivity index (χ0n) is 9.21. The molecule has 0 aromatic carbocycles. The number of anilines is 1. The Labute approximate surface area is 103 Å². The van der Waals surface area contributed by atoms with Gasteiger partial charge in [-0.25, -0.2) is 9.78 Å². The van der Waals surface area contributed by atoms with Gasteiger partial charge in [-0.1, -0.05) is 6.08 Å². The van der Waals surface area contributed by atoms with Crippen LogP contribution in [0.2, 0.25) is 0 Å². The number of hydrogen-bond donors (Lipinski definition) is 1. The highest BCUT2D eigenvalue weighted by atomic mass is 79.9. The van der Waals surface area contributed by atoms with E-state index in [0.29, 0.717) is 11.0 Å². The fourth-order valence-corrected chi connectivity index (χ4v) is 1.71. The van der Waals surface area contributed by atoms with Gasteiger partial charge in [0.05, 0.1) is 17.3 Å². The van der Waals surface area contributed by atoms with Gasteiger partial charge in [-0.15, -0.1) is 6.58 Å². The maximum Gasteiger partial charge on any atom is 0.357 e. The first-order valence-corrected chi connectivity index (χ1v) is 5.49. The van der Waals surface area contributed by atoms with E-state index in [1.807, 2.05) is 13.0 Å². The van der Waals surface area contributed by atoms with Crippen LogP contribution >= 0.6 is 15.9 Å². The molecule has 1 aromatic heterocycles. The topological polar surface area (TPSA) is 51.2 Å². The van der Waals surface area contributed by atoms with E-state index in [-0.39, 0.29) is 5.69 Å². The standard InChI is InChI=1S/C11H13BrN2O2/c1-4-5-13-8-6-7(2)14-10(9(8)12)11(15)16-3/h4,6H,1,5H2,2-3H3,(H,13,14). The lowest BCUT2D eigenvalue weighted by molar-refractivity contribution is 0.0592. The summed E-state index contributed by atoms with van der Waals surface area (Å²) in [6.07, 6.45) is 1.74. The Morgan fingerprint density at radius 2 is 2.44 bits per heavy atom. The third-order valence-electron chi connectivity index (χ3n) is 1.90. The smallest absolute Gasteiger partial charge is 0.357 e. The van der Waals surface area contributed by atoms with E-state index < -0.39 is 5.97 Å². The highest BCUT2D eigenvalue weighted by Gasteiger charge is 2.16. The Balaban J connectivity index is 3.14. The van der Waals surface area contributed by atoms with E-state index in [2.05, 4.69) is 37.5 Å². The average molecular weight is 285 g/mol. The molecule has 0 bridgehead atoms. The number of halogens is 1. The molecule has 1 aromatic rings. The van der Waals surface area contributed by atoms with E-state index in [9.17, 15) is 4.79 Å². The molecule has 16 heavy (non-hydrogen) atoms. The van der Waals surface area contributed by atoms with Crippen molar-refractivity contribution in [1.29, 1.82) is 0 Å². The first-order chi connectivity index (χ1) is 7.60. The van der Waals surface area contributed by atoms with Gasteiger partial charge in [0.25, 0.3) is 0 Å². The molecule has 86 valence electrons. The van der Waals surface area contributed by atoms with Gasteiger partial charge in [0, 0.05) is 12.2 Å². The van der Waals surface area contributed by atoms with Crippen LogP contribution in [0.4, 0.5) is 5.69 Å². The normalized spacial score (nSPS) is 9.69. The molecule has 0 spiro atoms. The summed E-state index contributed by atoms with van der Waals surface area (Å²) >= 11 is 3.33. The number of nitrogens with zero attached hydrogens (tertiary/aromatic N) is 1. The largest absolute Gasteiger partial charge is 0.464 e. The van der Waals surface area contributed by atoms with Crippen molar-refractivity contribution in [3.63, 3.8) is 0 Å². The van der Waals surface area contributed by atoms with E-state index in [1.165, 1.54) is 7.11 Å². The van der Waals surface area contributed by atoms with E-state index >= 15 is 0 Å². The molecule has 0 saturated heterocycles. The van der Waals surface area contributed by atoms with Crippen molar-refractivity contribution in [1.82, 2.24) is 4.98 Å². The van der Waals surface area contributed by atoms with Gasteiger partial charge in [0.2, 0.25) is 0 Å². The average Bonchev–Trinajstić information content (AvgIpc) is 2.28. The number of rotatable bonds is 4. The Bertz CT molecular complexity index is 419. The molecule has 0 aliphatic heterocycles. The second-order valence-corrected chi connectivity index (χ2v) is 3.93. The van der Waals surface area contributed by atoms with Crippen LogP contribution in [0.25, 0.3) is 0 Å². The third-order valence-corrected chi connectivity index (χ3v) is 2.70. The summed E-state index contributed by atoms with van der Waals surface area (Å²) in [5, 5.41) is 3.11. The summed E-state index contributed by atoms with van der Waals surface area (Å²) in [6.45, 7) is 6.05. The van der Waals surface area contributed by atoms with Crippen molar-refractivity contribution in [3.8, 4) is 0 Å². The van der Waals surface area contributed by atoms with Crippen LogP contribution in [0, 0.1) is 6.92 Å². The maximum atomic E-state index is 11.4. The minimum Gasteiger partial charge on any atom is -0.464 e. The molecule has 1 rings (SSSR count). The number of aromatic nitrogens is 1. The molecular formula is C11H13BrN2O2. The number of nitrogens with one attached hydrogen (secondary N) is 1. The van der Waals surface area contributed by atoms with E-state index in [4.69, 9.17) is 0 Å². The number of ether oxygens (including phenoxy) is 1. The second-order valence-electron chi connectivity index (χ2n) is 3.13. The maximum absolute atomic E-state index is 11.4. The van der Waals surface area contributed by atoms with Gasteiger partial charge in [0.1, 0.15) is 0 Å². The molecule has 0 atom stereocenters. The summed E-state index contributed by atoms with van der Waals surface area (Å²) in [7, 11) is 1.33. The van der Waals surface area contributed by atoms with Crippen LogP contribution in [-0.2, 0) is 4.74 Å². The molecule has 0 amide bonds. The number of aryl methyl sites for hydroxylation is 1. The molecule has 1 heterocycles. The van der Waals surface area contributed by atoms with Crippen LogP contribution in [-0.4, -0.2) is 24.6 Å². The SMILES string of the molecule is C=CCNc1cc(C)nc(C(=O)OC)c1Br. The summed E-state index contributed by atoms with van der Waals surface area (Å²) < 4.78 is 5.26.